The van der Waals surface area contributed by atoms with Crippen LogP contribution in [-0.4, -0.2) is 22.7 Å². The van der Waals surface area contributed by atoms with Crippen LogP contribution in [0.2, 0.25) is 0 Å². The van der Waals surface area contributed by atoms with Crippen molar-refractivity contribution in [2.24, 2.45) is 0 Å². The molecule has 0 fully saturated rings. The van der Waals surface area contributed by atoms with Crippen molar-refractivity contribution in [2.75, 3.05) is 13.2 Å². The fourth-order valence-corrected chi connectivity index (χ4v) is 2.25. The van der Waals surface area contributed by atoms with Gasteiger partial charge in [0.05, 0.1) is 24.0 Å². The molecule has 1 N–H and O–H groups in total. The minimum absolute atomic E-state index is 0.535. The SMILES string of the molecule is c1ccc(CNCCOCn2cnc3ccccc32)cc1. The van der Waals surface area contributed by atoms with E-state index >= 15 is 0 Å². The number of nitrogens with one attached hydrogen (secondary N) is 1. The average molecular weight is 281 g/mol. The van der Waals surface area contributed by atoms with Gasteiger partial charge in [-0.15, -0.1) is 0 Å². The Morgan fingerprint density at radius 2 is 1.81 bits per heavy atom. The second-order valence-electron chi connectivity index (χ2n) is 4.90. The van der Waals surface area contributed by atoms with Gasteiger partial charge in [0, 0.05) is 13.1 Å². The molecule has 21 heavy (non-hydrogen) atoms. The summed E-state index contributed by atoms with van der Waals surface area (Å²) in [4.78, 5) is 4.34. The smallest absolute Gasteiger partial charge is 0.124 e. The maximum atomic E-state index is 5.68. The monoisotopic (exact) mass is 281 g/mol. The highest BCUT2D eigenvalue weighted by atomic mass is 16.5. The number of ether oxygens (including phenoxy) is 1. The van der Waals surface area contributed by atoms with Gasteiger partial charge >= 0.3 is 0 Å². The second-order valence-corrected chi connectivity index (χ2v) is 4.90. The molecule has 0 aliphatic rings. The fourth-order valence-electron chi connectivity index (χ4n) is 2.25. The summed E-state index contributed by atoms with van der Waals surface area (Å²) >= 11 is 0. The van der Waals surface area contributed by atoms with Crippen molar-refractivity contribution in [2.45, 2.75) is 13.3 Å². The van der Waals surface area contributed by atoms with Crippen LogP contribution >= 0.6 is 0 Å². The van der Waals surface area contributed by atoms with Crippen LogP contribution in [0.4, 0.5) is 0 Å². The van der Waals surface area contributed by atoms with E-state index in [-0.39, 0.29) is 0 Å². The van der Waals surface area contributed by atoms with E-state index in [0.29, 0.717) is 13.3 Å². The molecule has 108 valence electrons. The molecule has 4 nitrogen and oxygen atoms in total. The molecule has 0 amide bonds. The Bertz CT molecular complexity index is 679. The zero-order chi connectivity index (χ0) is 14.3. The lowest BCUT2D eigenvalue weighted by molar-refractivity contribution is 0.0813. The molecule has 0 unspecified atom stereocenters. The highest BCUT2D eigenvalue weighted by Crippen LogP contribution is 2.11. The quantitative estimate of drug-likeness (QED) is 0.677. The number of nitrogens with zero attached hydrogens (tertiary/aromatic N) is 2. The highest BCUT2D eigenvalue weighted by Gasteiger charge is 2.00. The van der Waals surface area contributed by atoms with Crippen LogP contribution in [0.1, 0.15) is 5.56 Å². The van der Waals surface area contributed by atoms with E-state index in [1.54, 1.807) is 0 Å². The Kier molecular flexibility index (Phi) is 4.61. The molecule has 3 aromatic rings. The molecule has 0 atom stereocenters. The number of imidazole rings is 1. The molecule has 0 aliphatic carbocycles. The van der Waals surface area contributed by atoms with Crippen molar-refractivity contribution in [1.82, 2.24) is 14.9 Å². The summed E-state index contributed by atoms with van der Waals surface area (Å²) in [6.45, 7) is 2.92. The topological polar surface area (TPSA) is 39.1 Å². The first kappa shape index (κ1) is 13.8. The molecule has 3 rings (SSSR count). The molecule has 0 aliphatic heterocycles. The third kappa shape index (κ3) is 3.68. The van der Waals surface area contributed by atoms with Gasteiger partial charge in [0.2, 0.25) is 0 Å². The summed E-state index contributed by atoms with van der Waals surface area (Å²) in [6, 6.07) is 18.4. The molecule has 4 heteroatoms. The first-order valence-electron chi connectivity index (χ1n) is 7.16. The standard InChI is InChI=1S/C17H19N3O/c1-2-6-15(7-3-1)12-18-10-11-21-14-20-13-19-16-8-4-5-9-17(16)20/h1-9,13,18H,10-12,14H2. The van der Waals surface area contributed by atoms with E-state index in [0.717, 1.165) is 24.1 Å². The number of hydrogen-bond acceptors (Lipinski definition) is 3. The summed E-state index contributed by atoms with van der Waals surface area (Å²) in [5, 5.41) is 3.37. The normalized spacial score (nSPS) is 11.0. The number of benzene rings is 2. The van der Waals surface area contributed by atoms with Gasteiger partial charge in [-0.05, 0) is 17.7 Å². The highest BCUT2D eigenvalue weighted by molar-refractivity contribution is 5.74. The maximum absolute atomic E-state index is 5.68. The lowest BCUT2D eigenvalue weighted by Gasteiger charge is -2.07. The number of rotatable bonds is 7. The van der Waals surface area contributed by atoms with Crippen molar-refractivity contribution in [1.29, 1.82) is 0 Å². The van der Waals surface area contributed by atoms with E-state index in [2.05, 4.69) is 40.6 Å². The summed E-state index contributed by atoms with van der Waals surface area (Å²) in [5.41, 5.74) is 3.40. The van der Waals surface area contributed by atoms with Crippen molar-refractivity contribution in [3.8, 4) is 0 Å². The first-order valence-corrected chi connectivity index (χ1v) is 7.16. The van der Waals surface area contributed by atoms with Crippen molar-refractivity contribution >= 4 is 11.0 Å². The zero-order valence-electron chi connectivity index (χ0n) is 11.9. The van der Waals surface area contributed by atoms with Gasteiger partial charge in [0.15, 0.2) is 0 Å². The predicted molar refractivity (Wildman–Crippen MR) is 83.8 cm³/mol. The van der Waals surface area contributed by atoms with Gasteiger partial charge in [-0.2, -0.15) is 0 Å². The largest absolute Gasteiger partial charge is 0.359 e. The van der Waals surface area contributed by atoms with Gasteiger partial charge in [-0.25, -0.2) is 4.98 Å². The minimum atomic E-state index is 0.535. The van der Waals surface area contributed by atoms with Crippen LogP contribution < -0.4 is 5.32 Å². The van der Waals surface area contributed by atoms with Crippen LogP contribution in [0.5, 0.6) is 0 Å². The summed E-state index contributed by atoms with van der Waals surface area (Å²) < 4.78 is 7.70. The molecule has 1 aromatic heterocycles. The average Bonchev–Trinajstić information content (AvgIpc) is 2.95. The van der Waals surface area contributed by atoms with E-state index in [9.17, 15) is 0 Å². The Hall–Kier alpha value is -2.17. The summed E-state index contributed by atoms with van der Waals surface area (Å²) in [7, 11) is 0. The lowest BCUT2D eigenvalue weighted by Crippen LogP contribution is -2.19. The number of hydrogen-bond donors (Lipinski definition) is 1. The number of fused-ring (bicyclic) bond motifs is 1. The van der Waals surface area contributed by atoms with Crippen LogP contribution in [0.15, 0.2) is 60.9 Å². The third-order valence-corrected chi connectivity index (χ3v) is 3.35. The predicted octanol–water partition coefficient (Wildman–Crippen LogP) is 2.80. The van der Waals surface area contributed by atoms with Crippen LogP contribution in [-0.2, 0) is 18.0 Å². The molecule has 0 bridgehead atoms. The summed E-state index contributed by atoms with van der Waals surface area (Å²) in [5.74, 6) is 0. The van der Waals surface area contributed by atoms with E-state index in [1.807, 2.05) is 35.2 Å². The van der Waals surface area contributed by atoms with E-state index in [4.69, 9.17) is 4.74 Å². The Morgan fingerprint density at radius 1 is 1.00 bits per heavy atom. The summed E-state index contributed by atoms with van der Waals surface area (Å²) in [6.07, 6.45) is 1.82. The van der Waals surface area contributed by atoms with Gasteiger partial charge < -0.3 is 14.6 Å². The zero-order valence-corrected chi connectivity index (χ0v) is 11.9. The minimum Gasteiger partial charge on any atom is -0.359 e. The molecule has 0 spiro atoms. The molecule has 2 aromatic carbocycles. The number of aromatic nitrogens is 2. The Balaban J connectivity index is 1.39. The van der Waals surface area contributed by atoms with Gasteiger partial charge in [-0.3, -0.25) is 0 Å². The maximum Gasteiger partial charge on any atom is 0.124 e. The van der Waals surface area contributed by atoms with Gasteiger partial charge in [-0.1, -0.05) is 42.5 Å². The molecular weight excluding hydrogens is 262 g/mol. The Labute approximate surface area is 124 Å². The van der Waals surface area contributed by atoms with Crippen molar-refractivity contribution in [3.05, 3.63) is 66.5 Å². The van der Waals surface area contributed by atoms with Crippen LogP contribution in [0.3, 0.4) is 0 Å². The lowest BCUT2D eigenvalue weighted by atomic mass is 10.2. The molecular formula is C17H19N3O. The molecule has 1 heterocycles. The second kappa shape index (κ2) is 7.02. The van der Waals surface area contributed by atoms with Crippen LogP contribution in [0.25, 0.3) is 11.0 Å². The van der Waals surface area contributed by atoms with E-state index in [1.165, 1.54) is 5.56 Å². The first-order chi connectivity index (χ1) is 10.4. The van der Waals surface area contributed by atoms with Crippen LogP contribution in [0, 0.1) is 0 Å². The van der Waals surface area contributed by atoms with Crippen molar-refractivity contribution < 1.29 is 4.74 Å². The van der Waals surface area contributed by atoms with E-state index < -0.39 is 0 Å². The fraction of sp³-hybridized carbons (Fsp3) is 0.235. The Morgan fingerprint density at radius 3 is 2.71 bits per heavy atom. The van der Waals surface area contributed by atoms with Gasteiger partial charge in [0.1, 0.15) is 6.73 Å². The number of para-hydroxylation sites is 2. The molecule has 0 saturated carbocycles. The molecule has 0 saturated heterocycles. The molecule has 0 radical (unpaired) electrons. The third-order valence-electron chi connectivity index (χ3n) is 3.35. The van der Waals surface area contributed by atoms with Gasteiger partial charge in [0.25, 0.3) is 0 Å². The van der Waals surface area contributed by atoms with Crippen molar-refractivity contribution in [3.63, 3.8) is 0 Å².